The van der Waals surface area contributed by atoms with Crippen molar-refractivity contribution in [3.05, 3.63) is 28.8 Å². The van der Waals surface area contributed by atoms with E-state index in [1.54, 1.807) is 0 Å². The summed E-state index contributed by atoms with van der Waals surface area (Å²) in [6, 6.07) is 3.95. The first-order valence-electron chi connectivity index (χ1n) is 11.4. The average Bonchev–Trinajstić information content (AvgIpc) is 3.22. The molecule has 5 heteroatoms. The fraction of sp³-hybridized carbons (Fsp3) is 0.731. The van der Waals surface area contributed by atoms with Crippen molar-refractivity contribution in [2.24, 2.45) is 16.2 Å². The quantitative estimate of drug-likeness (QED) is 0.619. The van der Waals surface area contributed by atoms with Gasteiger partial charge in [0, 0.05) is 11.8 Å². The number of esters is 1. The molecule has 1 aliphatic carbocycles. The van der Waals surface area contributed by atoms with Crippen LogP contribution in [0, 0.1) is 23.2 Å². The Morgan fingerprint density at radius 1 is 1.13 bits per heavy atom. The van der Waals surface area contributed by atoms with Crippen LogP contribution < -0.4 is 0 Å². The number of benzene rings is 1. The summed E-state index contributed by atoms with van der Waals surface area (Å²) in [5.74, 6) is 0.107. The van der Waals surface area contributed by atoms with Gasteiger partial charge in [0.25, 0.3) is 0 Å². The molecule has 1 aromatic rings. The Hall–Kier alpha value is -1.59. The molecule has 0 amide bonds. The summed E-state index contributed by atoms with van der Waals surface area (Å²) < 4.78 is 17.8. The molecule has 1 N–H and O–H groups in total. The van der Waals surface area contributed by atoms with Gasteiger partial charge in [0.1, 0.15) is 12.4 Å². The van der Waals surface area contributed by atoms with Crippen molar-refractivity contribution >= 4 is 5.97 Å². The van der Waals surface area contributed by atoms with E-state index < -0.39 is 5.41 Å². The molecule has 0 spiro atoms. The first kappa shape index (κ1) is 24.1. The van der Waals surface area contributed by atoms with E-state index in [0.29, 0.717) is 31.8 Å². The fourth-order valence-corrected chi connectivity index (χ4v) is 4.51. The van der Waals surface area contributed by atoms with Crippen LogP contribution in [0.1, 0.15) is 78.0 Å². The van der Waals surface area contributed by atoms with Gasteiger partial charge in [-0.25, -0.2) is 0 Å². The minimum absolute atomic E-state index is 0.164. The highest BCUT2D eigenvalue weighted by atomic mass is 16.7. The highest BCUT2D eigenvalue weighted by molar-refractivity contribution is 5.69. The Kier molecular flexibility index (Phi) is 6.27. The second-order valence-corrected chi connectivity index (χ2v) is 12.0. The molecule has 0 aromatic heterocycles. The maximum Gasteiger partial charge on any atom is 0.306 e. The van der Waals surface area contributed by atoms with Crippen LogP contribution >= 0.6 is 0 Å². The molecule has 1 aromatic carbocycles. The first-order chi connectivity index (χ1) is 14.2. The highest BCUT2D eigenvalue weighted by Crippen LogP contribution is 2.65. The number of rotatable bonds is 6. The summed E-state index contributed by atoms with van der Waals surface area (Å²) >= 11 is 0. The van der Waals surface area contributed by atoms with Gasteiger partial charge in [-0.05, 0) is 52.7 Å². The van der Waals surface area contributed by atoms with Crippen molar-refractivity contribution in [3.8, 4) is 5.75 Å². The van der Waals surface area contributed by atoms with E-state index in [1.165, 1.54) is 0 Å². The third-order valence-electron chi connectivity index (χ3n) is 7.25. The van der Waals surface area contributed by atoms with E-state index in [2.05, 4.69) is 34.6 Å². The van der Waals surface area contributed by atoms with Crippen LogP contribution in [0.5, 0.6) is 5.75 Å². The normalized spacial score (nSPS) is 28.6. The minimum Gasteiger partial charge on any atom is -0.507 e. The minimum atomic E-state index is -0.423. The standard InChI is InChI=1S/C26H40O5/c1-17-11-18(12-19(21(17)28)23(2,3)4)9-10-20(27)29-14-24(5,6)22-30-15-25(7)13-26(25,8)16-31-22/h11-12,22,28H,9-10,13-16H2,1-8H3. The van der Waals surface area contributed by atoms with Gasteiger partial charge >= 0.3 is 5.97 Å². The van der Waals surface area contributed by atoms with E-state index in [-0.39, 0.29) is 35.1 Å². The van der Waals surface area contributed by atoms with E-state index >= 15 is 0 Å². The largest absolute Gasteiger partial charge is 0.507 e. The van der Waals surface area contributed by atoms with E-state index in [9.17, 15) is 9.90 Å². The zero-order valence-corrected chi connectivity index (χ0v) is 20.6. The van der Waals surface area contributed by atoms with Crippen LogP contribution in [-0.4, -0.2) is 37.2 Å². The molecule has 0 bridgehead atoms. The van der Waals surface area contributed by atoms with Gasteiger partial charge < -0.3 is 19.3 Å². The zero-order valence-electron chi connectivity index (χ0n) is 20.6. The second kappa shape index (κ2) is 8.08. The van der Waals surface area contributed by atoms with Crippen LogP contribution in [0.4, 0.5) is 0 Å². The summed E-state index contributed by atoms with van der Waals surface area (Å²) in [4.78, 5) is 12.5. The van der Waals surface area contributed by atoms with Gasteiger partial charge in [-0.3, -0.25) is 4.79 Å². The monoisotopic (exact) mass is 432 g/mol. The predicted molar refractivity (Wildman–Crippen MR) is 121 cm³/mol. The Labute approximate surface area is 187 Å². The third kappa shape index (κ3) is 5.09. The SMILES string of the molecule is Cc1cc(CCC(=O)OCC(C)(C)C2OCC3(C)CC3(C)CO2)cc(C(C)(C)C)c1O. The smallest absolute Gasteiger partial charge is 0.306 e. The van der Waals surface area contributed by atoms with Gasteiger partial charge in [-0.15, -0.1) is 0 Å². The molecule has 2 fully saturated rings. The molecule has 2 aliphatic rings. The summed E-state index contributed by atoms with van der Waals surface area (Å²) in [5, 5.41) is 10.4. The average molecular weight is 433 g/mol. The van der Waals surface area contributed by atoms with Crippen molar-refractivity contribution in [1.82, 2.24) is 0 Å². The van der Waals surface area contributed by atoms with E-state index in [0.717, 1.165) is 23.1 Å². The summed E-state index contributed by atoms with van der Waals surface area (Å²) in [6.45, 7) is 18.3. The molecule has 1 aliphatic heterocycles. The molecule has 2 atom stereocenters. The lowest BCUT2D eigenvalue weighted by atomic mass is 9.83. The summed E-state index contributed by atoms with van der Waals surface area (Å²) in [6.07, 6.45) is 1.63. The fourth-order valence-electron chi connectivity index (χ4n) is 4.51. The molecular formula is C26H40O5. The number of aryl methyl sites for hydroxylation is 2. The molecule has 0 radical (unpaired) electrons. The zero-order chi connectivity index (χ0) is 23.2. The molecular weight excluding hydrogens is 392 g/mol. The summed E-state index contributed by atoms with van der Waals surface area (Å²) in [5.41, 5.74) is 2.58. The van der Waals surface area contributed by atoms with Crippen molar-refractivity contribution in [3.63, 3.8) is 0 Å². The lowest BCUT2D eigenvalue weighted by molar-refractivity contribution is -0.210. The molecule has 3 rings (SSSR count). The topological polar surface area (TPSA) is 65.0 Å². The number of aromatic hydroxyl groups is 1. The number of ether oxygens (including phenoxy) is 3. The highest BCUT2D eigenvalue weighted by Gasteiger charge is 2.63. The molecule has 174 valence electrons. The lowest BCUT2D eigenvalue weighted by Crippen LogP contribution is -2.39. The number of carbonyl (C=O) groups excluding carboxylic acids is 1. The number of fused-ring (bicyclic) bond motifs is 1. The molecule has 1 heterocycles. The molecule has 5 nitrogen and oxygen atoms in total. The second-order valence-electron chi connectivity index (χ2n) is 12.0. The maximum atomic E-state index is 12.5. The Balaban J connectivity index is 1.53. The Morgan fingerprint density at radius 2 is 1.71 bits per heavy atom. The molecule has 31 heavy (non-hydrogen) atoms. The Morgan fingerprint density at radius 3 is 2.26 bits per heavy atom. The molecule has 2 unspecified atom stereocenters. The maximum absolute atomic E-state index is 12.5. The van der Waals surface area contributed by atoms with Gasteiger partial charge in [0.15, 0.2) is 6.29 Å². The van der Waals surface area contributed by atoms with Gasteiger partial charge in [-0.1, -0.05) is 60.6 Å². The van der Waals surface area contributed by atoms with Crippen LogP contribution in [0.2, 0.25) is 0 Å². The lowest BCUT2D eigenvalue weighted by Gasteiger charge is -2.33. The van der Waals surface area contributed by atoms with Crippen LogP contribution in [0.3, 0.4) is 0 Å². The third-order valence-corrected chi connectivity index (χ3v) is 7.25. The predicted octanol–water partition coefficient (Wildman–Crippen LogP) is 5.29. The Bertz CT molecular complexity index is 819. The number of carbonyl (C=O) groups is 1. The van der Waals surface area contributed by atoms with Crippen LogP contribution in [-0.2, 0) is 30.8 Å². The number of hydrogen-bond acceptors (Lipinski definition) is 5. The number of hydrogen-bond donors (Lipinski definition) is 1. The van der Waals surface area contributed by atoms with Crippen molar-refractivity contribution < 1.29 is 24.1 Å². The number of phenols is 1. The number of phenolic OH excluding ortho intramolecular Hbond substituents is 1. The van der Waals surface area contributed by atoms with Crippen molar-refractivity contribution in [2.75, 3.05) is 19.8 Å². The van der Waals surface area contributed by atoms with Crippen LogP contribution in [0.25, 0.3) is 0 Å². The van der Waals surface area contributed by atoms with E-state index in [1.807, 2.05) is 32.9 Å². The van der Waals surface area contributed by atoms with Crippen LogP contribution in [0.15, 0.2) is 12.1 Å². The van der Waals surface area contributed by atoms with Gasteiger partial charge in [0.2, 0.25) is 0 Å². The van der Waals surface area contributed by atoms with Gasteiger partial charge in [-0.2, -0.15) is 0 Å². The molecule has 1 saturated heterocycles. The van der Waals surface area contributed by atoms with Crippen molar-refractivity contribution in [2.45, 2.75) is 86.4 Å². The van der Waals surface area contributed by atoms with E-state index in [4.69, 9.17) is 14.2 Å². The van der Waals surface area contributed by atoms with Gasteiger partial charge in [0.05, 0.1) is 13.2 Å². The first-order valence-corrected chi connectivity index (χ1v) is 11.4. The van der Waals surface area contributed by atoms with Crippen molar-refractivity contribution in [1.29, 1.82) is 0 Å². The summed E-state index contributed by atoms with van der Waals surface area (Å²) in [7, 11) is 0. The molecule has 1 saturated carbocycles.